The van der Waals surface area contributed by atoms with Gasteiger partial charge in [0.15, 0.2) is 23.1 Å². The van der Waals surface area contributed by atoms with Crippen molar-refractivity contribution < 1.29 is 46.7 Å². The van der Waals surface area contributed by atoms with E-state index in [0.29, 0.717) is 60.2 Å². The van der Waals surface area contributed by atoms with E-state index in [1.807, 2.05) is 0 Å². The molecule has 252 valence electrons. The zero-order valence-electron chi connectivity index (χ0n) is 25.3. The number of carbonyl (C=O) groups is 1. The van der Waals surface area contributed by atoms with Crippen LogP contribution in [-0.2, 0) is 25.2 Å². The highest BCUT2D eigenvalue weighted by atomic mass is 31.2. The summed E-state index contributed by atoms with van der Waals surface area (Å²) in [5, 5.41) is 10.2. The van der Waals surface area contributed by atoms with Gasteiger partial charge in [-0.15, -0.1) is 0 Å². The number of halogens is 2. The lowest BCUT2D eigenvalue weighted by Gasteiger charge is -2.34. The van der Waals surface area contributed by atoms with Crippen molar-refractivity contribution >= 4 is 41.8 Å². The minimum atomic E-state index is -4.58. The van der Waals surface area contributed by atoms with Crippen LogP contribution in [0, 0.1) is 11.6 Å². The SMILES string of the molecule is COc1cc2c(Nc3cnn(CC(=O)Nc4cccc(F)c4F)c3)ncnc2cc1OCCN(CCOP(=O)(O)O)C1CCOCC1. The van der Waals surface area contributed by atoms with Gasteiger partial charge in [0.25, 0.3) is 0 Å². The molecule has 15 nitrogen and oxygen atoms in total. The number of phosphoric acid groups is 1. The molecule has 0 saturated carbocycles. The Morgan fingerprint density at radius 2 is 1.94 bits per heavy atom. The fourth-order valence-corrected chi connectivity index (χ4v) is 5.42. The molecule has 0 bridgehead atoms. The van der Waals surface area contributed by atoms with Crippen LogP contribution in [0.3, 0.4) is 0 Å². The van der Waals surface area contributed by atoms with Gasteiger partial charge in [-0.1, -0.05) is 6.07 Å². The summed E-state index contributed by atoms with van der Waals surface area (Å²) in [6.07, 6.45) is 5.97. The van der Waals surface area contributed by atoms with Crippen LogP contribution in [0.2, 0.25) is 0 Å². The summed E-state index contributed by atoms with van der Waals surface area (Å²) in [4.78, 5) is 41.3. The third-order valence-corrected chi connectivity index (χ3v) is 7.85. The lowest BCUT2D eigenvalue weighted by molar-refractivity contribution is -0.116. The molecule has 1 aliphatic heterocycles. The minimum absolute atomic E-state index is 0.130. The highest BCUT2D eigenvalue weighted by molar-refractivity contribution is 7.46. The van der Waals surface area contributed by atoms with Gasteiger partial charge >= 0.3 is 7.82 Å². The number of anilines is 3. The van der Waals surface area contributed by atoms with Gasteiger partial charge in [0, 0.05) is 50.0 Å². The van der Waals surface area contributed by atoms with E-state index in [-0.39, 0.29) is 31.5 Å². The van der Waals surface area contributed by atoms with Crippen LogP contribution in [0.25, 0.3) is 10.9 Å². The largest absolute Gasteiger partial charge is 0.493 e. The second-order valence-electron chi connectivity index (χ2n) is 10.5. The standard InChI is InChI=1S/C29H34F2N7O8P/c1-43-25-13-21-24(14-26(25)45-11-7-37(8-12-46-47(40,41)42)20-5-9-44-10-6-20)32-18-33-29(21)35-19-15-34-38(16-19)17-27(39)36-23-4-2-3-22(30)28(23)31/h2-4,13-16,18,20H,5-12,17H2,1H3,(H,36,39)(H,32,33,35)(H2,40,41,42). The van der Waals surface area contributed by atoms with Crippen molar-refractivity contribution in [2.75, 3.05) is 57.3 Å². The molecule has 2 aromatic carbocycles. The molecule has 18 heteroatoms. The Labute approximate surface area is 268 Å². The molecule has 3 heterocycles. The summed E-state index contributed by atoms with van der Waals surface area (Å²) < 4.78 is 61.6. The van der Waals surface area contributed by atoms with Gasteiger partial charge in [0.2, 0.25) is 5.91 Å². The molecule has 1 aliphatic rings. The fourth-order valence-electron chi connectivity index (χ4n) is 5.10. The average molecular weight is 678 g/mol. The Morgan fingerprint density at radius 1 is 1.15 bits per heavy atom. The van der Waals surface area contributed by atoms with Crippen molar-refractivity contribution in [3.63, 3.8) is 0 Å². The third-order valence-electron chi connectivity index (χ3n) is 7.33. The number of hydrogen-bond acceptors (Lipinski definition) is 11. The second kappa shape index (κ2) is 15.6. The first-order valence-corrected chi connectivity index (χ1v) is 16.1. The van der Waals surface area contributed by atoms with Gasteiger partial charge in [-0.2, -0.15) is 5.10 Å². The molecule has 4 N–H and O–H groups in total. The summed E-state index contributed by atoms with van der Waals surface area (Å²) in [5.41, 5.74) is 0.790. The maximum atomic E-state index is 13.9. The Kier molecular flexibility index (Phi) is 11.3. The molecular weight excluding hydrogens is 643 g/mol. The normalized spacial score (nSPS) is 14.0. The number of fused-ring (bicyclic) bond motifs is 1. The van der Waals surface area contributed by atoms with Crippen molar-refractivity contribution in [3.8, 4) is 11.5 Å². The van der Waals surface area contributed by atoms with Crippen molar-refractivity contribution in [1.82, 2.24) is 24.6 Å². The highest BCUT2D eigenvalue weighted by Gasteiger charge is 2.23. The molecule has 1 amide bonds. The monoisotopic (exact) mass is 677 g/mol. The first-order valence-electron chi connectivity index (χ1n) is 14.6. The summed E-state index contributed by atoms with van der Waals surface area (Å²) in [6, 6.07) is 7.11. The van der Waals surface area contributed by atoms with Gasteiger partial charge in [-0.3, -0.25) is 18.9 Å². The Bertz CT molecular complexity index is 1730. The quantitative estimate of drug-likeness (QED) is 0.134. The lowest BCUT2D eigenvalue weighted by Crippen LogP contribution is -2.43. The van der Waals surface area contributed by atoms with Gasteiger partial charge in [-0.25, -0.2) is 23.3 Å². The molecule has 0 unspecified atom stereocenters. The molecule has 2 aromatic heterocycles. The van der Waals surface area contributed by atoms with Crippen molar-refractivity contribution in [1.29, 1.82) is 0 Å². The third kappa shape index (κ3) is 9.41. The number of ether oxygens (including phenoxy) is 3. The maximum absolute atomic E-state index is 13.9. The molecule has 0 aliphatic carbocycles. The van der Waals surface area contributed by atoms with E-state index in [2.05, 4.69) is 35.1 Å². The van der Waals surface area contributed by atoms with Crippen molar-refractivity contribution in [2.45, 2.75) is 25.4 Å². The van der Waals surface area contributed by atoms with E-state index in [4.69, 9.17) is 24.0 Å². The smallest absolute Gasteiger partial charge is 0.469 e. The second-order valence-corrected chi connectivity index (χ2v) is 11.7. The summed E-state index contributed by atoms with van der Waals surface area (Å²) >= 11 is 0. The molecule has 5 rings (SSSR count). The fraction of sp³-hybridized carbons (Fsp3) is 0.379. The molecule has 0 atom stereocenters. The number of rotatable bonds is 15. The van der Waals surface area contributed by atoms with Crippen LogP contribution in [0.15, 0.2) is 49.1 Å². The topological polar surface area (TPSA) is 182 Å². The van der Waals surface area contributed by atoms with Gasteiger partial charge in [-0.05, 0) is 31.0 Å². The summed E-state index contributed by atoms with van der Waals surface area (Å²) in [7, 11) is -3.07. The van der Waals surface area contributed by atoms with Gasteiger partial charge in [0.05, 0.1) is 36.8 Å². The van der Waals surface area contributed by atoms with Gasteiger partial charge in [0.1, 0.15) is 25.3 Å². The number of benzene rings is 2. The van der Waals surface area contributed by atoms with Crippen LogP contribution < -0.4 is 20.1 Å². The number of nitrogens with one attached hydrogen (secondary N) is 2. The molecule has 1 saturated heterocycles. The zero-order valence-corrected chi connectivity index (χ0v) is 26.2. The first-order chi connectivity index (χ1) is 22.6. The number of phosphoric ester groups is 1. The van der Waals surface area contributed by atoms with Gasteiger partial charge < -0.3 is 34.6 Å². The number of amides is 1. The van der Waals surface area contributed by atoms with Crippen molar-refractivity contribution in [3.05, 3.63) is 60.7 Å². The molecule has 1 fully saturated rings. The van der Waals surface area contributed by atoms with E-state index in [9.17, 15) is 18.1 Å². The average Bonchev–Trinajstić information content (AvgIpc) is 3.48. The minimum Gasteiger partial charge on any atom is -0.493 e. The number of hydrogen-bond donors (Lipinski definition) is 4. The number of aromatic nitrogens is 4. The molecule has 0 spiro atoms. The highest BCUT2D eigenvalue weighted by Crippen LogP contribution is 2.36. The Hall–Kier alpha value is -4.25. The zero-order chi connectivity index (χ0) is 33.4. The van der Waals surface area contributed by atoms with Crippen molar-refractivity contribution in [2.24, 2.45) is 0 Å². The number of methoxy groups -OCH3 is 1. The number of nitrogens with zero attached hydrogens (tertiary/aromatic N) is 5. The predicted octanol–water partition coefficient (Wildman–Crippen LogP) is 3.46. The van der Waals surface area contributed by atoms with E-state index < -0.39 is 25.4 Å². The molecular formula is C29H34F2N7O8P. The Morgan fingerprint density at radius 3 is 2.70 bits per heavy atom. The lowest BCUT2D eigenvalue weighted by atomic mass is 10.1. The van der Waals surface area contributed by atoms with E-state index in [0.717, 1.165) is 18.9 Å². The van der Waals surface area contributed by atoms with Crippen LogP contribution in [0.4, 0.5) is 26.0 Å². The van der Waals surface area contributed by atoms with Crippen LogP contribution in [0.5, 0.6) is 11.5 Å². The van der Waals surface area contributed by atoms with E-state index >= 15 is 0 Å². The van der Waals surface area contributed by atoms with E-state index in [1.165, 1.54) is 36.4 Å². The molecule has 0 radical (unpaired) electrons. The van der Waals surface area contributed by atoms with Crippen LogP contribution in [-0.4, -0.2) is 93.0 Å². The summed E-state index contributed by atoms with van der Waals surface area (Å²) in [6.45, 7) is 1.85. The molecule has 47 heavy (non-hydrogen) atoms. The first kappa shape index (κ1) is 34.1. The maximum Gasteiger partial charge on any atom is 0.469 e. The van der Waals surface area contributed by atoms with E-state index in [1.54, 1.807) is 18.3 Å². The van der Waals surface area contributed by atoms with Crippen LogP contribution in [0.1, 0.15) is 12.8 Å². The number of carbonyl (C=O) groups excluding carboxylic acids is 1. The molecule has 4 aromatic rings. The van der Waals surface area contributed by atoms with Crippen LogP contribution >= 0.6 is 7.82 Å². The predicted molar refractivity (Wildman–Crippen MR) is 165 cm³/mol. The summed E-state index contributed by atoms with van der Waals surface area (Å²) in [5.74, 6) is -1.51. The Balaban J connectivity index is 1.23.